The lowest BCUT2D eigenvalue weighted by atomic mass is 10.2. The average Bonchev–Trinajstić information content (AvgIpc) is 2.27. The number of rotatable bonds is 2. The van der Waals surface area contributed by atoms with Gasteiger partial charge in [0, 0.05) is 11.9 Å². The fraction of sp³-hybridized carbons (Fsp3) is 0.154. The highest BCUT2D eigenvalue weighted by molar-refractivity contribution is 9.10. The number of hydrogen-bond donors (Lipinski definition) is 1. The largest absolute Gasteiger partial charge is 0.306 e. The molecule has 0 saturated heterocycles. The SMILES string of the molecule is Cc1cc(C)nc(NC(=O)c2cccnc2Br)c1. The number of aryl methyl sites for hydroxylation is 2. The van der Waals surface area contributed by atoms with Crippen molar-refractivity contribution in [1.82, 2.24) is 9.97 Å². The van der Waals surface area contributed by atoms with E-state index in [-0.39, 0.29) is 5.91 Å². The Bertz CT molecular complexity index is 578. The topological polar surface area (TPSA) is 54.9 Å². The number of halogens is 1. The standard InChI is InChI=1S/C13H12BrN3O/c1-8-6-9(2)16-11(7-8)17-13(18)10-4-3-5-15-12(10)14/h3-7H,1-2H3,(H,16,17,18). The van der Waals surface area contributed by atoms with Crippen LogP contribution in [0.3, 0.4) is 0 Å². The third-order valence-corrected chi connectivity index (χ3v) is 2.97. The Morgan fingerprint density at radius 2 is 2.11 bits per heavy atom. The van der Waals surface area contributed by atoms with Crippen LogP contribution in [0.4, 0.5) is 5.82 Å². The molecule has 4 nitrogen and oxygen atoms in total. The number of nitrogens with one attached hydrogen (secondary N) is 1. The molecule has 2 aromatic heterocycles. The molecule has 0 unspecified atom stereocenters. The van der Waals surface area contributed by atoms with Gasteiger partial charge in [0.15, 0.2) is 0 Å². The van der Waals surface area contributed by atoms with Gasteiger partial charge in [-0.1, -0.05) is 0 Å². The normalized spacial score (nSPS) is 10.2. The maximum atomic E-state index is 12.0. The fourth-order valence-corrected chi connectivity index (χ4v) is 2.07. The molecule has 0 bridgehead atoms. The second-order valence-corrected chi connectivity index (χ2v) is 4.72. The van der Waals surface area contributed by atoms with Crippen LogP contribution in [0, 0.1) is 13.8 Å². The smallest absolute Gasteiger partial charge is 0.259 e. The molecular weight excluding hydrogens is 294 g/mol. The third kappa shape index (κ3) is 2.92. The van der Waals surface area contributed by atoms with Gasteiger partial charge in [0.05, 0.1) is 5.56 Å². The molecule has 5 heteroatoms. The van der Waals surface area contributed by atoms with E-state index in [1.54, 1.807) is 18.3 Å². The Balaban J connectivity index is 2.24. The molecule has 18 heavy (non-hydrogen) atoms. The molecular formula is C13H12BrN3O. The van der Waals surface area contributed by atoms with Crippen molar-refractivity contribution in [3.05, 3.63) is 51.9 Å². The van der Waals surface area contributed by atoms with Crippen LogP contribution in [-0.2, 0) is 0 Å². The quantitative estimate of drug-likeness (QED) is 0.867. The summed E-state index contributed by atoms with van der Waals surface area (Å²) < 4.78 is 0.520. The summed E-state index contributed by atoms with van der Waals surface area (Å²) in [5.41, 5.74) is 2.41. The molecule has 0 atom stereocenters. The maximum Gasteiger partial charge on any atom is 0.259 e. The van der Waals surface area contributed by atoms with Crippen molar-refractivity contribution in [2.24, 2.45) is 0 Å². The first-order valence-corrected chi connectivity index (χ1v) is 6.23. The van der Waals surface area contributed by atoms with Crippen LogP contribution < -0.4 is 5.32 Å². The van der Waals surface area contributed by atoms with Gasteiger partial charge >= 0.3 is 0 Å². The number of nitrogens with zero attached hydrogens (tertiary/aromatic N) is 2. The van der Waals surface area contributed by atoms with Crippen LogP contribution in [0.1, 0.15) is 21.6 Å². The zero-order valence-electron chi connectivity index (χ0n) is 10.1. The summed E-state index contributed by atoms with van der Waals surface area (Å²) in [7, 11) is 0. The first-order chi connectivity index (χ1) is 8.56. The minimum Gasteiger partial charge on any atom is -0.306 e. The summed E-state index contributed by atoms with van der Waals surface area (Å²) in [6.07, 6.45) is 1.62. The highest BCUT2D eigenvalue weighted by atomic mass is 79.9. The molecule has 0 aliphatic rings. The van der Waals surface area contributed by atoms with Gasteiger partial charge in [0.1, 0.15) is 10.4 Å². The Hall–Kier alpha value is -1.75. The summed E-state index contributed by atoms with van der Waals surface area (Å²) >= 11 is 3.25. The highest BCUT2D eigenvalue weighted by Crippen LogP contribution is 2.15. The van der Waals surface area contributed by atoms with E-state index in [0.29, 0.717) is 16.0 Å². The first kappa shape index (κ1) is 12.7. The molecule has 2 heterocycles. The zero-order chi connectivity index (χ0) is 13.1. The first-order valence-electron chi connectivity index (χ1n) is 5.43. The van der Waals surface area contributed by atoms with Crippen molar-refractivity contribution in [1.29, 1.82) is 0 Å². The number of aromatic nitrogens is 2. The van der Waals surface area contributed by atoms with Crippen LogP contribution in [0.15, 0.2) is 35.1 Å². The number of hydrogen-bond acceptors (Lipinski definition) is 3. The average molecular weight is 306 g/mol. The van der Waals surface area contributed by atoms with Gasteiger partial charge in [0.25, 0.3) is 5.91 Å². The van der Waals surface area contributed by atoms with E-state index in [1.165, 1.54) is 0 Å². The molecule has 0 fully saturated rings. The van der Waals surface area contributed by atoms with Gasteiger partial charge < -0.3 is 5.32 Å². The maximum absolute atomic E-state index is 12.0. The van der Waals surface area contributed by atoms with E-state index in [1.807, 2.05) is 26.0 Å². The molecule has 0 aliphatic heterocycles. The summed E-state index contributed by atoms with van der Waals surface area (Å²) in [5, 5.41) is 2.76. The van der Waals surface area contributed by atoms with E-state index in [2.05, 4.69) is 31.2 Å². The minimum atomic E-state index is -0.229. The molecule has 1 N–H and O–H groups in total. The van der Waals surface area contributed by atoms with Gasteiger partial charge in [-0.25, -0.2) is 9.97 Å². The number of carbonyl (C=O) groups excluding carboxylic acids is 1. The van der Waals surface area contributed by atoms with Crippen molar-refractivity contribution in [2.45, 2.75) is 13.8 Å². The fourth-order valence-electron chi connectivity index (χ4n) is 1.64. The Morgan fingerprint density at radius 1 is 1.33 bits per heavy atom. The van der Waals surface area contributed by atoms with Crippen LogP contribution in [-0.4, -0.2) is 15.9 Å². The second kappa shape index (κ2) is 5.27. The summed E-state index contributed by atoms with van der Waals surface area (Å²) in [4.78, 5) is 20.3. The predicted molar refractivity (Wildman–Crippen MR) is 73.6 cm³/mol. The number of anilines is 1. The van der Waals surface area contributed by atoms with Crippen molar-refractivity contribution in [3.8, 4) is 0 Å². The summed E-state index contributed by atoms with van der Waals surface area (Å²) in [6.45, 7) is 3.85. The van der Waals surface area contributed by atoms with Crippen molar-refractivity contribution in [2.75, 3.05) is 5.32 Å². The molecule has 0 radical (unpaired) electrons. The number of amides is 1. The van der Waals surface area contributed by atoms with Gasteiger partial charge in [-0.15, -0.1) is 0 Å². The van der Waals surface area contributed by atoms with Crippen LogP contribution in [0.2, 0.25) is 0 Å². The minimum absolute atomic E-state index is 0.229. The van der Waals surface area contributed by atoms with Gasteiger partial charge in [-0.05, 0) is 59.6 Å². The van der Waals surface area contributed by atoms with Crippen LogP contribution >= 0.6 is 15.9 Å². The molecule has 0 saturated carbocycles. The molecule has 2 rings (SSSR count). The third-order valence-electron chi connectivity index (χ3n) is 2.34. The summed E-state index contributed by atoms with van der Waals surface area (Å²) in [5.74, 6) is 0.320. The lowest BCUT2D eigenvalue weighted by Gasteiger charge is -2.07. The molecule has 0 aliphatic carbocycles. The van der Waals surface area contributed by atoms with E-state index in [0.717, 1.165) is 11.3 Å². The predicted octanol–water partition coefficient (Wildman–Crippen LogP) is 3.11. The van der Waals surface area contributed by atoms with E-state index in [4.69, 9.17) is 0 Å². The number of carbonyl (C=O) groups is 1. The molecule has 0 spiro atoms. The van der Waals surface area contributed by atoms with Crippen LogP contribution in [0.25, 0.3) is 0 Å². The Morgan fingerprint density at radius 3 is 2.78 bits per heavy atom. The lowest BCUT2D eigenvalue weighted by molar-refractivity contribution is 0.102. The lowest BCUT2D eigenvalue weighted by Crippen LogP contribution is -2.14. The van der Waals surface area contributed by atoms with Crippen molar-refractivity contribution >= 4 is 27.7 Å². The molecule has 2 aromatic rings. The van der Waals surface area contributed by atoms with Gasteiger partial charge in [-0.3, -0.25) is 4.79 Å². The number of pyridine rings is 2. The van der Waals surface area contributed by atoms with Crippen molar-refractivity contribution < 1.29 is 4.79 Å². The molecule has 0 aromatic carbocycles. The van der Waals surface area contributed by atoms with Crippen LogP contribution in [0.5, 0.6) is 0 Å². The van der Waals surface area contributed by atoms with E-state index < -0.39 is 0 Å². The van der Waals surface area contributed by atoms with Gasteiger partial charge in [-0.2, -0.15) is 0 Å². The zero-order valence-corrected chi connectivity index (χ0v) is 11.7. The van der Waals surface area contributed by atoms with E-state index >= 15 is 0 Å². The van der Waals surface area contributed by atoms with Crippen molar-refractivity contribution in [3.63, 3.8) is 0 Å². The molecule has 1 amide bonds. The van der Waals surface area contributed by atoms with Gasteiger partial charge in [0.2, 0.25) is 0 Å². The van der Waals surface area contributed by atoms with E-state index in [9.17, 15) is 4.79 Å². The second-order valence-electron chi connectivity index (χ2n) is 3.97. The molecule has 92 valence electrons. The monoisotopic (exact) mass is 305 g/mol. The highest BCUT2D eigenvalue weighted by Gasteiger charge is 2.11. The Kier molecular flexibility index (Phi) is 3.72. The Labute approximate surface area is 114 Å². The summed E-state index contributed by atoms with van der Waals surface area (Å²) in [6, 6.07) is 7.20.